The van der Waals surface area contributed by atoms with Crippen molar-refractivity contribution in [1.82, 2.24) is 10.2 Å². The molecule has 0 amide bonds. The molecule has 0 aliphatic heterocycles. The van der Waals surface area contributed by atoms with Crippen LogP contribution >= 0.6 is 0 Å². The van der Waals surface area contributed by atoms with Crippen LogP contribution in [0.25, 0.3) is 0 Å². The van der Waals surface area contributed by atoms with E-state index in [0.717, 1.165) is 25.0 Å². The summed E-state index contributed by atoms with van der Waals surface area (Å²) < 4.78 is 4.96. The molecule has 0 aliphatic carbocycles. The van der Waals surface area contributed by atoms with Crippen LogP contribution in [0.1, 0.15) is 25.5 Å². The summed E-state index contributed by atoms with van der Waals surface area (Å²) in [5, 5.41) is 6.73. The molecule has 4 nitrogen and oxygen atoms in total. The Bertz CT molecular complexity index is 317. The number of aromatic amines is 1. The molecule has 1 rings (SSSR count). The molecule has 1 aromatic rings. The Morgan fingerprint density at radius 3 is 3.00 bits per heavy atom. The highest BCUT2D eigenvalue weighted by atomic mass is 16.5. The fourth-order valence-electron chi connectivity index (χ4n) is 1.13. The summed E-state index contributed by atoms with van der Waals surface area (Å²) in [6.45, 7) is 5.61. The molecule has 0 unspecified atom stereocenters. The number of hydrogen-bond donors (Lipinski definition) is 1. The Balaban J connectivity index is 2.03. The third-order valence-corrected chi connectivity index (χ3v) is 1.98. The third-order valence-electron chi connectivity index (χ3n) is 1.98. The van der Waals surface area contributed by atoms with Crippen LogP contribution in [0.4, 0.5) is 0 Å². The summed E-state index contributed by atoms with van der Waals surface area (Å²) >= 11 is 0. The predicted octanol–water partition coefficient (Wildman–Crippen LogP) is 1.85. The molecule has 0 aliphatic rings. The minimum atomic E-state index is -0.309. The average Bonchev–Trinajstić information content (AvgIpc) is 2.69. The number of ether oxygens (including phenoxy) is 1. The van der Waals surface area contributed by atoms with Crippen LogP contribution in [0.2, 0.25) is 0 Å². The van der Waals surface area contributed by atoms with Gasteiger partial charge in [-0.1, -0.05) is 6.58 Å². The van der Waals surface area contributed by atoms with Crippen LogP contribution < -0.4 is 0 Å². The standard InChI is InChI=1S/C11H16N2O2/c1-9(2)11(14)15-8-4-3-5-10-6-7-12-13-10/h6-7H,1,3-5,8H2,2H3,(H,12,13). The lowest BCUT2D eigenvalue weighted by Crippen LogP contribution is -2.06. The first kappa shape index (κ1) is 11.5. The smallest absolute Gasteiger partial charge is 0.333 e. The number of aryl methyl sites for hydroxylation is 1. The van der Waals surface area contributed by atoms with Crippen molar-refractivity contribution in [1.29, 1.82) is 0 Å². The highest BCUT2D eigenvalue weighted by molar-refractivity contribution is 5.86. The molecule has 0 atom stereocenters. The third kappa shape index (κ3) is 4.44. The molecular weight excluding hydrogens is 192 g/mol. The summed E-state index contributed by atoms with van der Waals surface area (Å²) in [6.07, 6.45) is 4.50. The number of H-pyrrole nitrogens is 1. The highest BCUT2D eigenvalue weighted by Crippen LogP contribution is 2.01. The van der Waals surface area contributed by atoms with E-state index in [1.807, 2.05) is 6.07 Å². The average molecular weight is 208 g/mol. The van der Waals surface area contributed by atoms with Crippen LogP contribution in [0.5, 0.6) is 0 Å². The summed E-state index contributed by atoms with van der Waals surface area (Å²) in [6, 6.07) is 1.94. The van der Waals surface area contributed by atoms with Gasteiger partial charge in [0.05, 0.1) is 6.61 Å². The lowest BCUT2D eigenvalue weighted by molar-refractivity contribution is -0.139. The van der Waals surface area contributed by atoms with E-state index >= 15 is 0 Å². The van der Waals surface area contributed by atoms with Gasteiger partial charge in [-0.25, -0.2) is 4.79 Å². The molecule has 82 valence electrons. The Morgan fingerprint density at radius 2 is 2.40 bits per heavy atom. The number of rotatable bonds is 6. The van der Waals surface area contributed by atoms with E-state index < -0.39 is 0 Å². The number of unbranched alkanes of at least 4 members (excludes halogenated alkanes) is 1. The van der Waals surface area contributed by atoms with Gasteiger partial charge in [0.15, 0.2) is 0 Å². The van der Waals surface area contributed by atoms with Gasteiger partial charge in [0.25, 0.3) is 0 Å². The maximum atomic E-state index is 11.0. The molecule has 0 aromatic carbocycles. The molecule has 15 heavy (non-hydrogen) atoms. The van der Waals surface area contributed by atoms with E-state index in [9.17, 15) is 4.79 Å². The Hall–Kier alpha value is -1.58. The van der Waals surface area contributed by atoms with Gasteiger partial charge in [0, 0.05) is 17.5 Å². The van der Waals surface area contributed by atoms with Gasteiger partial charge in [-0.2, -0.15) is 5.10 Å². The topological polar surface area (TPSA) is 55.0 Å². The molecule has 1 N–H and O–H groups in total. The summed E-state index contributed by atoms with van der Waals surface area (Å²) in [4.78, 5) is 11.0. The van der Waals surface area contributed by atoms with Gasteiger partial charge in [0.2, 0.25) is 0 Å². The summed E-state index contributed by atoms with van der Waals surface area (Å²) in [5.41, 5.74) is 1.56. The van der Waals surface area contributed by atoms with Gasteiger partial charge < -0.3 is 4.74 Å². The second-order valence-electron chi connectivity index (χ2n) is 3.46. The van der Waals surface area contributed by atoms with Crippen molar-refractivity contribution in [2.45, 2.75) is 26.2 Å². The molecule has 1 heterocycles. The lowest BCUT2D eigenvalue weighted by Gasteiger charge is -2.03. The predicted molar refractivity (Wildman–Crippen MR) is 57.3 cm³/mol. The minimum Gasteiger partial charge on any atom is -0.462 e. The van der Waals surface area contributed by atoms with Gasteiger partial charge in [-0.15, -0.1) is 0 Å². The zero-order valence-corrected chi connectivity index (χ0v) is 8.95. The quantitative estimate of drug-likeness (QED) is 0.441. The van der Waals surface area contributed by atoms with Crippen molar-refractivity contribution >= 4 is 5.97 Å². The molecule has 0 fully saturated rings. The number of nitrogens with zero attached hydrogens (tertiary/aromatic N) is 1. The van der Waals surface area contributed by atoms with Crippen LogP contribution in [-0.4, -0.2) is 22.8 Å². The van der Waals surface area contributed by atoms with Gasteiger partial charge in [-0.3, -0.25) is 5.10 Å². The highest BCUT2D eigenvalue weighted by Gasteiger charge is 2.02. The molecule has 0 saturated heterocycles. The van der Waals surface area contributed by atoms with Crippen LogP contribution in [-0.2, 0) is 16.0 Å². The van der Waals surface area contributed by atoms with E-state index in [1.165, 1.54) is 0 Å². The zero-order chi connectivity index (χ0) is 11.1. The Labute approximate surface area is 89.3 Å². The van der Waals surface area contributed by atoms with Crippen LogP contribution in [0.3, 0.4) is 0 Å². The van der Waals surface area contributed by atoms with Gasteiger partial charge in [-0.05, 0) is 32.3 Å². The minimum absolute atomic E-state index is 0.309. The molecule has 0 spiro atoms. The molecule has 0 saturated carbocycles. The van der Waals surface area contributed by atoms with Gasteiger partial charge >= 0.3 is 5.97 Å². The summed E-state index contributed by atoms with van der Waals surface area (Å²) in [7, 11) is 0. The maximum Gasteiger partial charge on any atom is 0.333 e. The second kappa shape index (κ2) is 6.01. The number of nitrogens with one attached hydrogen (secondary N) is 1. The first-order valence-corrected chi connectivity index (χ1v) is 5.01. The molecule has 1 aromatic heterocycles. The van der Waals surface area contributed by atoms with E-state index in [-0.39, 0.29) is 5.97 Å². The number of esters is 1. The molecule has 0 radical (unpaired) electrons. The van der Waals surface area contributed by atoms with Crippen molar-refractivity contribution in [3.05, 3.63) is 30.1 Å². The molecule has 4 heteroatoms. The van der Waals surface area contributed by atoms with Crippen molar-refractivity contribution in [2.75, 3.05) is 6.61 Å². The Kier molecular flexibility index (Phi) is 4.60. The number of carbonyl (C=O) groups is 1. The molecule has 0 bridgehead atoms. The van der Waals surface area contributed by atoms with E-state index in [0.29, 0.717) is 12.2 Å². The fraction of sp³-hybridized carbons (Fsp3) is 0.455. The van der Waals surface area contributed by atoms with Crippen molar-refractivity contribution < 1.29 is 9.53 Å². The number of aromatic nitrogens is 2. The van der Waals surface area contributed by atoms with Crippen LogP contribution in [0.15, 0.2) is 24.4 Å². The largest absolute Gasteiger partial charge is 0.462 e. The summed E-state index contributed by atoms with van der Waals surface area (Å²) in [5.74, 6) is -0.309. The lowest BCUT2D eigenvalue weighted by atomic mass is 10.2. The van der Waals surface area contributed by atoms with Crippen molar-refractivity contribution in [3.63, 3.8) is 0 Å². The van der Waals surface area contributed by atoms with Crippen molar-refractivity contribution in [3.8, 4) is 0 Å². The monoisotopic (exact) mass is 208 g/mol. The van der Waals surface area contributed by atoms with Crippen molar-refractivity contribution in [2.24, 2.45) is 0 Å². The Morgan fingerprint density at radius 1 is 1.60 bits per heavy atom. The zero-order valence-electron chi connectivity index (χ0n) is 8.95. The van der Waals surface area contributed by atoms with E-state index in [1.54, 1.807) is 13.1 Å². The number of carbonyl (C=O) groups excluding carboxylic acids is 1. The maximum absolute atomic E-state index is 11.0. The SMILES string of the molecule is C=C(C)C(=O)OCCCCc1ccn[nH]1. The first-order chi connectivity index (χ1) is 7.20. The number of hydrogen-bond acceptors (Lipinski definition) is 3. The fourth-order valence-corrected chi connectivity index (χ4v) is 1.13. The molecular formula is C11H16N2O2. The van der Waals surface area contributed by atoms with Gasteiger partial charge in [0.1, 0.15) is 0 Å². The van der Waals surface area contributed by atoms with E-state index in [4.69, 9.17) is 4.74 Å². The normalized spacial score (nSPS) is 9.93. The second-order valence-corrected chi connectivity index (χ2v) is 3.46. The van der Waals surface area contributed by atoms with Crippen LogP contribution in [0, 0.1) is 0 Å². The first-order valence-electron chi connectivity index (χ1n) is 5.01. The van der Waals surface area contributed by atoms with E-state index in [2.05, 4.69) is 16.8 Å².